The molecule has 18 heavy (non-hydrogen) atoms. The Morgan fingerprint density at radius 2 is 2.17 bits per heavy atom. The van der Waals surface area contributed by atoms with Gasteiger partial charge >= 0.3 is 0 Å². The van der Waals surface area contributed by atoms with Crippen molar-refractivity contribution in [2.24, 2.45) is 0 Å². The van der Waals surface area contributed by atoms with E-state index in [0.29, 0.717) is 17.5 Å². The van der Waals surface area contributed by atoms with Gasteiger partial charge in [0.05, 0.1) is 5.56 Å². The van der Waals surface area contributed by atoms with Gasteiger partial charge in [0, 0.05) is 6.04 Å². The first-order chi connectivity index (χ1) is 8.74. The average molecular weight is 248 g/mol. The van der Waals surface area contributed by atoms with Gasteiger partial charge in [-0.25, -0.2) is 9.82 Å². The Morgan fingerprint density at radius 1 is 1.33 bits per heavy atom. The molecule has 2 N–H and O–H groups in total. The minimum atomic E-state index is -0.351. The first-order valence-corrected chi connectivity index (χ1v) is 5.83. The van der Waals surface area contributed by atoms with Gasteiger partial charge in [0.25, 0.3) is 0 Å². The van der Waals surface area contributed by atoms with Crippen molar-refractivity contribution in [3.05, 3.63) is 36.0 Å². The third-order valence-corrected chi connectivity index (χ3v) is 2.95. The Morgan fingerprint density at radius 3 is 2.89 bits per heavy atom. The molecule has 5 nitrogen and oxygen atoms in total. The van der Waals surface area contributed by atoms with E-state index in [2.05, 4.69) is 27.9 Å². The Labute approximate surface area is 103 Å². The van der Waals surface area contributed by atoms with E-state index < -0.39 is 0 Å². The predicted octanol–water partition coefficient (Wildman–Crippen LogP) is 1.80. The first-order valence-electron chi connectivity index (χ1n) is 5.83. The van der Waals surface area contributed by atoms with E-state index in [9.17, 15) is 4.39 Å². The molecule has 1 fully saturated rings. The second kappa shape index (κ2) is 4.47. The lowest BCUT2D eigenvalue weighted by molar-refractivity contribution is 0.340. The first kappa shape index (κ1) is 11.3. The van der Waals surface area contributed by atoms with E-state index in [0.717, 1.165) is 6.42 Å². The zero-order valence-electron chi connectivity index (χ0n) is 9.85. The molecule has 6 heteroatoms. The number of hydrazine groups is 1. The number of hydrogen-bond donors (Lipinski definition) is 2. The molecule has 0 aliphatic carbocycles. The number of rotatable bonds is 2. The monoisotopic (exact) mass is 248 g/mol. The molecule has 2 heterocycles. The summed E-state index contributed by atoms with van der Waals surface area (Å²) in [5, 5.41) is 3.82. The number of aromatic nitrogens is 2. The summed E-state index contributed by atoms with van der Waals surface area (Å²) in [5.74, 6) is 0.408. The van der Waals surface area contributed by atoms with Crippen molar-refractivity contribution in [3.8, 4) is 11.4 Å². The molecule has 0 bridgehead atoms. The summed E-state index contributed by atoms with van der Waals surface area (Å²) < 4.78 is 18.8. The maximum Gasteiger partial charge on any atom is 0.245 e. The number of nitrogens with one attached hydrogen (secondary N) is 2. The van der Waals surface area contributed by atoms with Gasteiger partial charge in [-0.15, -0.1) is 0 Å². The van der Waals surface area contributed by atoms with Crippen molar-refractivity contribution < 1.29 is 8.91 Å². The molecule has 3 rings (SSSR count). The van der Waals surface area contributed by atoms with E-state index in [4.69, 9.17) is 4.52 Å². The van der Waals surface area contributed by atoms with Crippen molar-refractivity contribution in [1.29, 1.82) is 0 Å². The van der Waals surface area contributed by atoms with Crippen LogP contribution in [0.25, 0.3) is 11.4 Å². The summed E-state index contributed by atoms with van der Waals surface area (Å²) in [4.78, 5) is 4.24. The third-order valence-electron chi connectivity index (χ3n) is 2.95. The Hall–Kier alpha value is -1.79. The van der Waals surface area contributed by atoms with Gasteiger partial charge in [-0.1, -0.05) is 17.3 Å². The summed E-state index contributed by atoms with van der Waals surface area (Å²) in [6.07, 6.45) is 0.860. The van der Waals surface area contributed by atoms with E-state index in [1.54, 1.807) is 18.2 Å². The molecule has 2 atom stereocenters. The molecule has 1 aliphatic rings. The van der Waals surface area contributed by atoms with Crippen LogP contribution in [0.3, 0.4) is 0 Å². The van der Waals surface area contributed by atoms with Gasteiger partial charge in [-0.05, 0) is 25.5 Å². The fourth-order valence-corrected chi connectivity index (χ4v) is 2.01. The Balaban J connectivity index is 1.88. The molecule has 0 spiro atoms. The van der Waals surface area contributed by atoms with Crippen LogP contribution in [0.5, 0.6) is 0 Å². The highest BCUT2D eigenvalue weighted by Crippen LogP contribution is 2.24. The summed E-state index contributed by atoms with van der Waals surface area (Å²) in [5.41, 5.74) is 6.49. The number of halogens is 1. The smallest absolute Gasteiger partial charge is 0.245 e. The van der Waals surface area contributed by atoms with Crippen LogP contribution in [0.1, 0.15) is 25.3 Å². The minimum absolute atomic E-state index is 0.0203. The number of hydrogen-bond acceptors (Lipinski definition) is 5. The zero-order chi connectivity index (χ0) is 12.5. The summed E-state index contributed by atoms with van der Waals surface area (Å²) in [6, 6.07) is 6.71. The van der Waals surface area contributed by atoms with Crippen LogP contribution in [-0.2, 0) is 0 Å². The molecule has 94 valence electrons. The highest BCUT2D eigenvalue weighted by molar-refractivity contribution is 5.54. The second-order valence-electron chi connectivity index (χ2n) is 4.41. The SMILES string of the molecule is CC1CC(c2nc(-c3ccccc3F)no2)NN1. The molecule has 1 saturated heterocycles. The maximum absolute atomic E-state index is 13.6. The van der Waals surface area contributed by atoms with Crippen LogP contribution in [0.15, 0.2) is 28.8 Å². The molecule has 1 aromatic heterocycles. The van der Waals surface area contributed by atoms with Crippen LogP contribution in [0, 0.1) is 5.82 Å². The van der Waals surface area contributed by atoms with Crippen LogP contribution in [-0.4, -0.2) is 16.2 Å². The van der Waals surface area contributed by atoms with Crippen LogP contribution >= 0.6 is 0 Å². The number of nitrogens with zero attached hydrogens (tertiary/aromatic N) is 2. The van der Waals surface area contributed by atoms with Crippen molar-refractivity contribution in [2.75, 3.05) is 0 Å². The normalized spacial score (nSPS) is 23.4. The standard InChI is InChI=1S/C12H13FN4O/c1-7-6-10(16-15-7)12-14-11(17-18-12)8-4-2-3-5-9(8)13/h2-5,7,10,15-16H,6H2,1H3. The fourth-order valence-electron chi connectivity index (χ4n) is 2.01. The lowest BCUT2D eigenvalue weighted by atomic mass is 10.1. The molecule has 0 saturated carbocycles. The molecule has 2 aromatic rings. The fraction of sp³-hybridized carbons (Fsp3) is 0.333. The molecule has 2 unspecified atom stereocenters. The van der Waals surface area contributed by atoms with E-state index in [1.165, 1.54) is 6.07 Å². The largest absolute Gasteiger partial charge is 0.337 e. The third kappa shape index (κ3) is 2.00. The minimum Gasteiger partial charge on any atom is -0.337 e. The Kier molecular flexibility index (Phi) is 2.81. The van der Waals surface area contributed by atoms with Crippen molar-refractivity contribution in [3.63, 3.8) is 0 Å². The highest BCUT2D eigenvalue weighted by Gasteiger charge is 2.27. The summed E-state index contributed by atoms with van der Waals surface area (Å²) in [7, 11) is 0. The maximum atomic E-state index is 13.6. The van der Waals surface area contributed by atoms with E-state index >= 15 is 0 Å². The molecule has 1 aromatic carbocycles. The second-order valence-corrected chi connectivity index (χ2v) is 4.41. The van der Waals surface area contributed by atoms with Gasteiger partial charge in [-0.3, -0.25) is 5.43 Å². The van der Waals surface area contributed by atoms with Crippen LogP contribution in [0.4, 0.5) is 4.39 Å². The molecule has 1 aliphatic heterocycles. The Bertz CT molecular complexity index is 557. The van der Waals surface area contributed by atoms with Crippen molar-refractivity contribution in [2.45, 2.75) is 25.4 Å². The summed E-state index contributed by atoms with van der Waals surface area (Å²) >= 11 is 0. The molecule has 0 amide bonds. The van der Waals surface area contributed by atoms with Crippen LogP contribution in [0.2, 0.25) is 0 Å². The molecular weight excluding hydrogens is 235 g/mol. The zero-order valence-corrected chi connectivity index (χ0v) is 9.85. The van der Waals surface area contributed by atoms with Gasteiger partial charge in [0.15, 0.2) is 0 Å². The number of benzene rings is 1. The van der Waals surface area contributed by atoms with Crippen molar-refractivity contribution in [1.82, 2.24) is 21.0 Å². The van der Waals surface area contributed by atoms with Gasteiger partial charge in [0.1, 0.15) is 11.9 Å². The van der Waals surface area contributed by atoms with Gasteiger partial charge in [-0.2, -0.15) is 4.98 Å². The average Bonchev–Trinajstić information content (AvgIpc) is 2.98. The highest BCUT2D eigenvalue weighted by atomic mass is 19.1. The van der Waals surface area contributed by atoms with Crippen LogP contribution < -0.4 is 10.9 Å². The summed E-state index contributed by atoms with van der Waals surface area (Å²) in [6.45, 7) is 2.06. The quantitative estimate of drug-likeness (QED) is 0.848. The van der Waals surface area contributed by atoms with E-state index in [-0.39, 0.29) is 17.7 Å². The lowest BCUT2D eigenvalue weighted by Gasteiger charge is -2.00. The van der Waals surface area contributed by atoms with Gasteiger partial charge in [0.2, 0.25) is 11.7 Å². The van der Waals surface area contributed by atoms with E-state index in [1.807, 2.05) is 0 Å². The molecular formula is C12H13FN4O. The lowest BCUT2D eigenvalue weighted by Crippen LogP contribution is -2.28. The van der Waals surface area contributed by atoms with Gasteiger partial charge < -0.3 is 4.52 Å². The predicted molar refractivity (Wildman–Crippen MR) is 62.8 cm³/mol. The molecule has 0 radical (unpaired) electrons. The van der Waals surface area contributed by atoms with Crippen molar-refractivity contribution >= 4 is 0 Å². The topological polar surface area (TPSA) is 63.0 Å².